The Morgan fingerprint density at radius 2 is 1.73 bits per heavy atom. The van der Waals surface area contributed by atoms with Gasteiger partial charge in [-0.15, -0.1) is 0 Å². The summed E-state index contributed by atoms with van der Waals surface area (Å²) in [6.07, 6.45) is 0.407. The predicted molar refractivity (Wildman–Crippen MR) is 87.9 cm³/mol. The second-order valence-corrected chi connectivity index (χ2v) is 5.84. The first-order chi connectivity index (χ1) is 10.5. The van der Waals surface area contributed by atoms with Gasteiger partial charge in [0, 0.05) is 5.02 Å². The average Bonchev–Trinajstić information content (AvgIpc) is 2.43. The Balaban J connectivity index is 2.00. The topological polar surface area (TPSA) is 46.5 Å². The van der Waals surface area contributed by atoms with Gasteiger partial charge in [-0.3, -0.25) is 4.79 Å². The Morgan fingerprint density at radius 3 is 2.27 bits per heavy atom. The van der Waals surface area contributed by atoms with E-state index in [-0.39, 0.29) is 0 Å². The fourth-order valence-corrected chi connectivity index (χ4v) is 2.56. The standard InChI is InChI=1S/C18H19ClO3/c1-12-9-13(2)11-16(10-12)22-8-7-17(18(20)21)14-3-5-15(19)6-4-14/h3-6,9-11,17H,7-8H2,1-2H3,(H,20,21). The van der Waals surface area contributed by atoms with E-state index >= 15 is 0 Å². The largest absolute Gasteiger partial charge is 0.494 e. The van der Waals surface area contributed by atoms with Crippen LogP contribution in [0, 0.1) is 13.8 Å². The molecule has 0 aliphatic rings. The molecule has 0 bridgehead atoms. The molecule has 2 aromatic rings. The summed E-state index contributed by atoms with van der Waals surface area (Å²) in [5.74, 6) is -0.674. The second-order valence-electron chi connectivity index (χ2n) is 5.40. The monoisotopic (exact) mass is 318 g/mol. The smallest absolute Gasteiger partial charge is 0.311 e. The molecule has 1 N–H and O–H groups in total. The molecule has 116 valence electrons. The summed E-state index contributed by atoms with van der Waals surface area (Å²) in [5, 5.41) is 9.99. The third-order valence-corrected chi connectivity index (χ3v) is 3.69. The van der Waals surface area contributed by atoms with Crippen molar-refractivity contribution in [1.29, 1.82) is 0 Å². The number of carboxylic acid groups (broad SMARTS) is 1. The van der Waals surface area contributed by atoms with Crippen LogP contribution in [0.1, 0.15) is 29.0 Å². The summed E-state index contributed by atoms with van der Waals surface area (Å²) in [7, 11) is 0. The quantitative estimate of drug-likeness (QED) is 0.847. The predicted octanol–water partition coefficient (Wildman–Crippen LogP) is 4.59. The maximum absolute atomic E-state index is 11.4. The lowest BCUT2D eigenvalue weighted by Gasteiger charge is -2.14. The Kier molecular flexibility index (Phi) is 5.45. The van der Waals surface area contributed by atoms with Crippen molar-refractivity contribution in [3.8, 4) is 5.75 Å². The number of halogens is 1. The van der Waals surface area contributed by atoms with Crippen LogP contribution in [-0.4, -0.2) is 17.7 Å². The van der Waals surface area contributed by atoms with E-state index in [4.69, 9.17) is 16.3 Å². The fraction of sp³-hybridized carbons (Fsp3) is 0.278. The first kappa shape index (κ1) is 16.4. The van der Waals surface area contributed by atoms with Crippen molar-refractivity contribution in [2.75, 3.05) is 6.61 Å². The molecular weight excluding hydrogens is 300 g/mol. The van der Waals surface area contributed by atoms with Gasteiger partial charge in [0.05, 0.1) is 12.5 Å². The highest BCUT2D eigenvalue weighted by Gasteiger charge is 2.19. The normalized spacial score (nSPS) is 12.0. The molecule has 0 saturated heterocycles. The molecule has 0 aliphatic heterocycles. The number of ether oxygens (including phenoxy) is 1. The van der Waals surface area contributed by atoms with Crippen LogP contribution in [0.3, 0.4) is 0 Å². The molecule has 22 heavy (non-hydrogen) atoms. The minimum Gasteiger partial charge on any atom is -0.494 e. The zero-order chi connectivity index (χ0) is 16.1. The Hall–Kier alpha value is -2.00. The first-order valence-corrected chi connectivity index (χ1v) is 7.53. The van der Waals surface area contributed by atoms with Gasteiger partial charge in [-0.25, -0.2) is 0 Å². The Bertz CT molecular complexity index is 630. The number of carboxylic acids is 1. The van der Waals surface area contributed by atoms with E-state index in [9.17, 15) is 9.90 Å². The van der Waals surface area contributed by atoms with Crippen molar-refractivity contribution >= 4 is 17.6 Å². The van der Waals surface area contributed by atoms with Crippen molar-refractivity contribution in [2.45, 2.75) is 26.2 Å². The van der Waals surface area contributed by atoms with E-state index in [1.165, 1.54) is 0 Å². The molecule has 0 fully saturated rings. The maximum atomic E-state index is 11.4. The van der Waals surface area contributed by atoms with Gasteiger partial charge in [-0.05, 0) is 61.2 Å². The van der Waals surface area contributed by atoms with E-state index in [1.54, 1.807) is 24.3 Å². The van der Waals surface area contributed by atoms with Gasteiger partial charge in [-0.1, -0.05) is 29.8 Å². The minimum absolute atomic E-state index is 0.350. The van der Waals surface area contributed by atoms with Crippen molar-refractivity contribution in [1.82, 2.24) is 0 Å². The number of aliphatic carboxylic acids is 1. The number of carbonyl (C=O) groups is 1. The molecule has 0 aliphatic carbocycles. The van der Waals surface area contributed by atoms with E-state index in [2.05, 4.69) is 6.07 Å². The number of aryl methyl sites for hydroxylation is 2. The van der Waals surface area contributed by atoms with E-state index in [0.29, 0.717) is 18.1 Å². The van der Waals surface area contributed by atoms with Crippen molar-refractivity contribution in [3.05, 3.63) is 64.2 Å². The molecule has 0 saturated carbocycles. The van der Waals surface area contributed by atoms with Gasteiger partial charge in [0.1, 0.15) is 5.75 Å². The fourth-order valence-electron chi connectivity index (χ4n) is 2.44. The molecule has 2 aromatic carbocycles. The van der Waals surface area contributed by atoms with Crippen LogP contribution in [0.4, 0.5) is 0 Å². The number of hydrogen-bond acceptors (Lipinski definition) is 2. The van der Waals surface area contributed by atoms with Crippen LogP contribution < -0.4 is 4.74 Å². The van der Waals surface area contributed by atoms with Crippen molar-refractivity contribution in [2.24, 2.45) is 0 Å². The number of rotatable bonds is 6. The molecule has 0 heterocycles. The van der Waals surface area contributed by atoms with Gasteiger partial charge in [0.2, 0.25) is 0 Å². The lowest BCUT2D eigenvalue weighted by Crippen LogP contribution is -2.15. The van der Waals surface area contributed by atoms with Gasteiger partial charge in [0.15, 0.2) is 0 Å². The first-order valence-electron chi connectivity index (χ1n) is 7.15. The molecule has 0 spiro atoms. The summed E-state index contributed by atoms with van der Waals surface area (Å²) in [5.41, 5.74) is 2.99. The lowest BCUT2D eigenvalue weighted by atomic mass is 9.96. The van der Waals surface area contributed by atoms with Crippen LogP contribution in [0.15, 0.2) is 42.5 Å². The van der Waals surface area contributed by atoms with Gasteiger partial charge >= 0.3 is 5.97 Å². The summed E-state index contributed by atoms with van der Waals surface area (Å²) in [6.45, 7) is 4.36. The molecule has 0 amide bonds. The zero-order valence-corrected chi connectivity index (χ0v) is 13.4. The summed E-state index contributed by atoms with van der Waals surface area (Å²) in [4.78, 5) is 11.4. The highest BCUT2D eigenvalue weighted by atomic mass is 35.5. The summed E-state index contributed by atoms with van der Waals surface area (Å²) in [6, 6.07) is 12.9. The van der Waals surface area contributed by atoms with E-state index < -0.39 is 11.9 Å². The maximum Gasteiger partial charge on any atom is 0.311 e. The van der Waals surface area contributed by atoms with Crippen molar-refractivity contribution < 1.29 is 14.6 Å². The van der Waals surface area contributed by atoms with Crippen LogP contribution in [0.2, 0.25) is 5.02 Å². The van der Waals surface area contributed by atoms with Crippen LogP contribution in [0.25, 0.3) is 0 Å². The highest BCUT2D eigenvalue weighted by Crippen LogP contribution is 2.23. The average molecular weight is 319 g/mol. The van der Waals surface area contributed by atoms with Crippen LogP contribution >= 0.6 is 11.6 Å². The molecule has 1 atom stereocenters. The number of benzene rings is 2. The molecule has 0 radical (unpaired) electrons. The van der Waals surface area contributed by atoms with Gasteiger partial charge in [-0.2, -0.15) is 0 Å². The lowest BCUT2D eigenvalue weighted by molar-refractivity contribution is -0.139. The third kappa shape index (κ3) is 4.50. The molecule has 0 aromatic heterocycles. The van der Waals surface area contributed by atoms with E-state index in [1.807, 2.05) is 26.0 Å². The zero-order valence-electron chi connectivity index (χ0n) is 12.7. The van der Waals surface area contributed by atoms with Gasteiger partial charge < -0.3 is 9.84 Å². The van der Waals surface area contributed by atoms with Gasteiger partial charge in [0.25, 0.3) is 0 Å². The summed E-state index contributed by atoms with van der Waals surface area (Å²) < 4.78 is 5.70. The number of hydrogen-bond donors (Lipinski definition) is 1. The molecule has 1 unspecified atom stereocenters. The molecule has 2 rings (SSSR count). The van der Waals surface area contributed by atoms with Crippen LogP contribution in [-0.2, 0) is 4.79 Å². The van der Waals surface area contributed by atoms with Crippen LogP contribution in [0.5, 0.6) is 5.75 Å². The SMILES string of the molecule is Cc1cc(C)cc(OCCC(C(=O)O)c2ccc(Cl)cc2)c1. The highest BCUT2D eigenvalue weighted by molar-refractivity contribution is 6.30. The second kappa shape index (κ2) is 7.32. The Morgan fingerprint density at radius 1 is 1.14 bits per heavy atom. The summed E-state index contributed by atoms with van der Waals surface area (Å²) >= 11 is 5.84. The molecule has 4 heteroatoms. The minimum atomic E-state index is -0.855. The molecule has 3 nitrogen and oxygen atoms in total. The molecular formula is C18H19ClO3. The van der Waals surface area contributed by atoms with E-state index in [0.717, 1.165) is 22.4 Å². The third-order valence-electron chi connectivity index (χ3n) is 3.44. The Labute approximate surface area is 135 Å². The van der Waals surface area contributed by atoms with Crippen molar-refractivity contribution in [3.63, 3.8) is 0 Å².